The van der Waals surface area contributed by atoms with E-state index in [1.807, 2.05) is 50.0 Å². The number of benzene rings is 1. The number of thioether (sulfide) groups is 2. The number of amides is 2. The highest BCUT2D eigenvalue weighted by Crippen LogP contribution is 2.42. The number of H-pyrrole nitrogens is 1. The van der Waals surface area contributed by atoms with Crippen molar-refractivity contribution in [3.8, 4) is 0 Å². The van der Waals surface area contributed by atoms with Gasteiger partial charge in [0, 0.05) is 11.5 Å². The molecule has 1 fully saturated rings. The average Bonchev–Trinajstić information content (AvgIpc) is 3.57. The molecule has 0 bridgehead atoms. The van der Waals surface area contributed by atoms with Crippen molar-refractivity contribution in [2.24, 2.45) is 0 Å². The average molecular weight is 587 g/mol. The molecule has 0 radical (unpaired) electrons. The predicted molar refractivity (Wildman–Crippen MR) is 143 cm³/mol. The molecule has 5 rings (SSSR count). The Morgan fingerprint density at radius 2 is 2.03 bits per heavy atom. The summed E-state index contributed by atoms with van der Waals surface area (Å²) >= 11 is 2.83. The van der Waals surface area contributed by atoms with Crippen LogP contribution in [0.3, 0.4) is 0 Å². The fraction of sp³-hybridized carbons (Fsp3) is 0.409. The minimum Gasteiger partial charge on any atom is -0.515 e. The molecule has 2 atom stereocenters. The van der Waals surface area contributed by atoms with Crippen LogP contribution in [0.2, 0.25) is 19.6 Å². The van der Waals surface area contributed by atoms with E-state index in [-0.39, 0.29) is 30.5 Å². The lowest BCUT2D eigenvalue weighted by molar-refractivity contribution is -0.150. The van der Waals surface area contributed by atoms with Gasteiger partial charge in [0.1, 0.15) is 23.7 Å². The summed E-state index contributed by atoms with van der Waals surface area (Å²) in [5.74, 6) is 0.159. The van der Waals surface area contributed by atoms with Gasteiger partial charge in [-0.25, -0.2) is 9.48 Å². The van der Waals surface area contributed by atoms with Crippen LogP contribution in [0.15, 0.2) is 46.8 Å². The molecule has 2 N–H and O–H groups in total. The molecule has 2 unspecified atom stereocenters. The Kier molecular flexibility index (Phi) is 7.80. The van der Waals surface area contributed by atoms with Crippen LogP contribution in [0.4, 0.5) is 0 Å². The number of rotatable bonds is 10. The fourth-order valence-electron chi connectivity index (χ4n) is 4.05. The predicted octanol–water partition coefficient (Wildman–Crippen LogP) is 0.601. The summed E-state index contributed by atoms with van der Waals surface area (Å²) in [6.45, 7) is 5.95. The van der Waals surface area contributed by atoms with Gasteiger partial charge < -0.3 is 9.74 Å². The molecule has 2 aliphatic rings. The van der Waals surface area contributed by atoms with Gasteiger partial charge in [0.2, 0.25) is 19.4 Å². The molecule has 0 spiro atoms. The van der Waals surface area contributed by atoms with Crippen LogP contribution >= 0.6 is 23.5 Å². The van der Waals surface area contributed by atoms with E-state index >= 15 is 0 Å². The second-order valence-corrected chi connectivity index (χ2v) is 16.3. The Bertz CT molecular complexity index is 1390. The monoisotopic (exact) mass is 586 g/mol. The molecule has 39 heavy (non-hydrogen) atoms. The number of carbonyl (C=O) groups is 3. The Labute approximate surface area is 232 Å². The maximum atomic E-state index is 13.4. The summed E-state index contributed by atoms with van der Waals surface area (Å²) < 4.78 is 7.33. The second kappa shape index (κ2) is 11.3. The summed E-state index contributed by atoms with van der Waals surface area (Å²) in [5.41, 5.74) is 1.83. The van der Waals surface area contributed by atoms with E-state index in [1.54, 1.807) is 0 Å². The van der Waals surface area contributed by atoms with Gasteiger partial charge in [-0.05, 0) is 41.2 Å². The number of nitrogens with one attached hydrogen (secondary N) is 2. The number of hydrogen-bond acceptors (Lipinski definition) is 12. The standard InChI is InChI=1S/C22H26N10O4S2Si/c1-39(2,3)36-21(35)18-14(12-38-22-26-29-30-31(22)10-15-24-27-28-25-15)11-37-20-17(19(34)32(18)20)23-16(33)9-13-7-5-4-6-8-13/h4-8,17,20H,9-12H2,1-3H3,(H,23,33)(H,24,25,27,28). The maximum absolute atomic E-state index is 13.4. The van der Waals surface area contributed by atoms with Crippen LogP contribution < -0.4 is 5.32 Å². The molecular formula is C22H26N10O4S2Si. The molecular weight excluding hydrogens is 561 g/mol. The molecule has 2 amide bonds. The number of aromatic nitrogens is 8. The molecule has 0 saturated carbocycles. The minimum atomic E-state index is -2.26. The van der Waals surface area contributed by atoms with Crippen molar-refractivity contribution in [3.63, 3.8) is 0 Å². The van der Waals surface area contributed by atoms with E-state index in [1.165, 1.54) is 33.1 Å². The third-order valence-corrected chi connectivity index (χ3v) is 8.90. The molecule has 17 heteroatoms. The van der Waals surface area contributed by atoms with Gasteiger partial charge in [0.25, 0.3) is 5.91 Å². The Balaban J connectivity index is 1.32. The van der Waals surface area contributed by atoms with Crippen LogP contribution in [-0.4, -0.2) is 94.8 Å². The van der Waals surface area contributed by atoms with Crippen molar-refractivity contribution in [1.82, 2.24) is 51.0 Å². The molecule has 3 aromatic rings. The largest absolute Gasteiger partial charge is 0.515 e. The second-order valence-electron chi connectivity index (χ2n) is 9.81. The quantitative estimate of drug-likeness (QED) is 0.193. The number of carbonyl (C=O) groups excluding carboxylic acids is 3. The Morgan fingerprint density at radius 1 is 1.23 bits per heavy atom. The van der Waals surface area contributed by atoms with E-state index in [4.69, 9.17) is 4.43 Å². The number of β-lactam (4-membered cyclic amide) rings is 1. The topological polar surface area (TPSA) is 174 Å². The first-order valence-corrected chi connectivity index (χ1v) is 17.5. The minimum absolute atomic E-state index is 0.169. The van der Waals surface area contributed by atoms with E-state index < -0.39 is 25.7 Å². The summed E-state index contributed by atoms with van der Waals surface area (Å²) in [5, 5.41) is 28.5. The van der Waals surface area contributed by atoms with Gasteiger partial charge in [0.05, 0.1) is 6.42 Å². The van der Waals surface area contributed by atoms with Crippen LogP contribution in [0.1, 0.15) is 11.4 Å². The van der Waals surface area contributed by atoms with Crippen molar-refractivity contribution >= 4 is 49.6 Å². The number of tetrazole rings is 2. The van der Waals surface area contributed by atoms with Crippen molar-refractivity contribution < 1.29 is 18.8 Å². The molecule has 0 aliphatic carbocycles. The third kappa shape index (κ3) is 6.20. The Morgan fingerprint density at radius 3 is 2.74 bits per heavy atom. The molecule has 4 heterocycles. The molecule has 1 aromatic carbocycles. The van der Waals surface area contributed by atoms with Crippen LogP contribution in [-0.2, 0) is 31.8 Å². The highest BCUT2D eigenvalue weighted by Gasteiger charge is 2.54. The van der Waals surface area contributed by atoms with E-state index in [0.717, 1.165) is 11.1 Å². The number of nitrogens with zero attached hydrogens (tertiary/aromatic N) is 8. The molecule has 2 aromatic heterocycles. The van der Waals surface area contributed by atoms with Gasteiger partial charge >= 0.3 is 5.97 Å². The first-order chi connectivity index (χ1) is 18.7. The van der Waals surface area contributed by atoms with Crippen molar-refractivity contribution in [2.75, 3.05) is 11.5 Å². The fourth-order valence-corrected chi connectivity index (χ4v) is 7.06. The Hall–Kier alpha value is -3.57. The maximum Gasteiger partial charge on any atom is 0.341 e. The smallest absolute Gasteiger partial charge is 0.341 e. The number of aromatic amines is 1. The summed E-state index contributed by atoms with van der Waals surface area (Å²) in [7, 11) is -2.26. The normalized spacial score (nSPS) is 18.9. The summed E-state index contributed by atoms with van der Waals surface area (Å²) in [4.78, 5) is 40.7. The summed E-state index contributed by atoms with van der Waals surface area (Å²) in [6.07, 6.45) is 0.169. The highest BCUT2D eigenvalue weighted by atomic mass is 32.2. The molecule has 204 valence electrons. The summed E-state index contributed by atoms with van der Waals surface area (Å²) in [6, 6.07) is 8.61. The van der Waals surface area contributed by atoms with Crippen LogP contribution in [0.25, 0.3) is 0 Å². The van der Waals surface area contributed by atoms with Gasteiger partial charge in [-0.3, -0.25) is 14.5 Å². The van der Waals surface area contributed by atoms with E-state index in [9.17, 15) is 14.4 Å². The van der Waals surface area contributed by atoms with Gasteiger partial charge in [-0.2, -0.15) is 5.21 Å². The first-order valence-electron chi connectivity index (χ1n) is 12.0. The SMILES string of the molecule is C[Si](C)(C)OC(=O)C1=C(CSc2nnnn2Cc2nn[nH]n2)CSC2C(NC(=O)Cc3ccccc3)C(=O)N12. The lowest BCUT2D eigenvalue weighted by Crippen LogP contribution is -2.71. The molecule has 1 saturated heterocycles. The first kappa shape index (κ1) is 27.0. The van der Waals surface area contributed by atoms with E-state index in [0.29, 0.717) is 22.5 Å². The van der Waals surface area contributed by atoms with Gasteiger partial charge in [-0.15, -0.1) is 27.1 Å². The van der Waals surface area contributed by atoms with Crippen LogP contribution in [0, 0.1) is 0 Å². The van der Waals surface area contributed by atoms with Gasteiger partial charge in [0.15, 0.2) is 5.82 Å². The number of fused-ring (bicyclic) bond motifs is 1. The lowest BCUT2D eigenvalue weighted by atomic mass is 10.0. The van der Waals surface area contributed by atoms with Crippen molar-refractivity contribution in [2.45, 2.75) is 49.2 Å². The highest BCUT2D eigenvalue weighted by molar-refractivity contribution is 8.01. The van der Waals surface area contributed by atoms with E-state index in [2.05, 4.69) is 41.5 Å². The lowest BCUT2D eigenvalue weighted by Gasteiger charge is -2.50. The third-order valence-electron chi connectivity index (χ3n) is 5.72. The molecule has 2 aliphatic heterocycles. The number of hydrogen-bond donors (Lipinski definition) is 2. The zero-order valence-electron chi connectivity index (χ0n) is 21.4. The zero-order valence-corrected chi connectivity index (χ0v) is 24.0. The molecule has 14 nitrogen and oxygen atoms in total. The van der Waals surface area contributed by atoms with Crippen molar-refractivity contribution in [1.29, 1.82) is 0 Å². The van der Waals surface area contributed by atoms with Crippen LogP contribution in [0.5, 0.6) is 0 Å². The zero-order chi connectivity index (χ0) is 27.6. The van der Waals surface area contributed by atoms with Gasteiger partial charge in [-0.1, -0.05) is 47.3 Å². The van der Waals surface area contributed by atoms with Crippen molar-refractivity contribution in [3.05, 3.63) is 53.0 Å².